The summed E-state index contributed by atoms with van der Waals surface area (Å²) in [6.45, 7) is 3.96. The van der Waals surface area contributed by atoms with Crippen LogP contribution in [0.5, 0.6) is 0 Å². The highest BCUT2D eigenvalue weighted by Gasteiger charge is 2.16. The lowest BCUT2D eigenvalue weighted by atomic mass is 10.1. The van der Waals surface area contributed by atoms with Gasteiger partial charge in [0.25, 0.3) is 0 Å². The van der Waals surface area contributed by atoms with Crippen LogP contribution in [0.1, 0.15) is 96.8 Å². The molecule has 3 heteroatoms. The van der Waals surface area contributed by atoms with E-state index in [1.807, 2.05) is 0 Å². The molecular weight excluding hydrogens is 306 g/mol. The fourth-order valence-electron chi connectivity index (χ4n) is 3.49. The van der Waals surface area contributed by atoms with E-state index in [2.05, 4.69) is 41.7 Å². The Kier molecular flexibility index (Phi) is 14.6. The van der Waals surface area contributed by atoms with Gasteiger partial charge in [-0.3, -0.25) is 0 Å². The smallest absolute Gasteiger partial charge is 0.0981 e. The van der Waals surface area contributed by atoms with Crippen molar-refractivity contribution in [3.8, 4) is 0 Å². The van der Waals surface area contributed by atoms with Crippen molar-refractivity contribution in [2.45, 2.75) is 103 Å². The van der Waals surface area contributed by atoms with Gasteiger partial charge in [0.15, 0.2) is 0 Å². The molecule has 1 atom stereocenters. The van der Waals surface area contributed by atoms with Crippen LogP contribution in [0.4, 0.5) is 0 Å². The molecule has 0 bridgehead atoms. The van der Waals surface area contributed by atoms with Crippen molar-refractivity contribution >= 4 is 0 Å². The lowest BCUT2D eigenvalue weighted by Crippen LogP contribution is -2.37. The summed E-state index contributed by atoms with van der Waals surface area (Å²) in [5.74, 6) is 0. The molecule has 0 saturated heterocycles. The van der Waals surface area contributed by atoms with Crippen LogP contribution < -0.4 is 11.1 Å². The molecular formula is C22H43N3. The van der Waals surface area contributed by atoms with Gasteiger partial charge in [0.1, 0.15) is 0 Å². The van der Waals surface area contributed by atoms with E-state index >= 15 is 0 Å². The zero-order valence-electron chi connectivity index (χ0n) is 16.7. The molecule has 0 fully saturated rings. The maximum absolute atomic E-state index is 5.65. The molecule has 1 rings (SSSR count). The molecule has 1 aliphatic heterocycles. The van der Waals surface area contributed by atoms with Crippen LogP contribution in [0.15, 0.2) is 24.6 Å². The number of rotatable bonds is 17. The molecule has 1 heterocycles. The Labute approximate surface area is 157 Å². The van der Waals surface area contributed by atoms with Gasteiger partial charge in [-0.15, -0.1) is 0 Å². The molecule has 0 aromatic heterocycles. The van der Waals surface area contributed by atoms with Crippen LogP contribution in [0, 0.1) is 0 Å². The number of nitrogens with zero attached hydrogens (tertiary/aromatic N) is 1. The molecule has 25 heavy (non-hydrogen) atoms. The SMILES string of the molecule is CCCCC/C=C/CCCCCCCCCCC1NC=CN1CCN. The van der Waals surface area contributed by atoms with Crippen LogP contribution in [-0.4, -0.2) is 24.2 Å². The van der Waals surface area contributed by atoms with Crippen molar-refractivity contribution in [1.82, 2.24) is 10.2 Å². The minimum Gasteiger partial charge on any atom is -0.370 e. The molecule has 1 aliphatic rings. The molecule has 0 aliphatic carbocycles. The Bertz CT molecular complexity index is 338. The summed E-state index contributed by atoms with van der Waals surface area (Å²) in [6.07, 6.45) is 28.5. The topological polar surface area (TPSA) is 41.3 Å². The minimum atomic E-state index is 0.485. The summed E-state index contributed by atoms with van der Waals surface area (Å²) in [7, 11) is 0. The molecule has 146 valence electrons. The Morgan fingerprint density at radius 3 is 2.12 bits per heavy atom. The van der Waals surface area contributed by atoms with E-state index in [0.29, 0.717) is 6.17 Å². The molecule has 0 amide bonds. The molecule has 0 spiro atoms. The minimum absolute atomic E-state index is 0.485. The molecule has 0 saturated carbocycles. The van der Waals surface area contributed by atoms with Gasteiger partial charge in [0, 0.05) is 25.5 Å². The standard InChI is InChI=1S/C22H43N3/c1-2-3-4-5-6-7-8-9-10-11-12-13-14-15-16-17-22-24-19-21-25(22)20-18-23/h6-7,19,21-22,24H,2-5,8-18,20,23H2,1H3/b7-6+. The number of hydrogen-bond donors (Lipinski definition) is 2. The van der Waals surface area contributed by atoms with Crippen LogP contribution >= 0.6 is 0 Å². The van der Waals surface area contributed by atoms with Crippen molar-refractivity contribution in [3.63, 3.8) is 0 Å². The maximum Gasteiger partial charge on any atom is 0.0981 e. The van der Waals surface area contributed by atoms with Crippen molar-refractivity contribution in [2.75, 3.05) is 13.1 Å². The number of allylic oxidation sites excluding steroid dienone is 2. The molecule has 0 radical (unpaired) electrons. The van der Waals surface area contributed by atoms with Crippen LogP contribution in [-0.2, 0) is 0 Å². The quantitative estimate of drug-likeness (QED) is 0.262. The van der Waals surface area contributed by atoms with Gasteiger partial charge < -0.3 is 16.0 Å². The summed E-state index contributed by atoms with van der Waals surface area (Å²) in [5.41, 5.74) is 5.65. The van der Waals surface area contributed by atoms with E-state index in [1.165, 1.54) is 89.9 Å². The largest absolute Gasteiger partial charge is 0.370 e. The highest BCUT2D eigenvalue weighted by atomic mass is 15.3. The third kappa shape index (κ3) is 12.1. The van der Waals surface area contributed by atoms with E-state index in [0.717, 1.165) is 13.1 Å². The van der Waals surface area contributed by atoms with Gasteiger partial charge in [-0.2, -0.15) is 0 Å². The van der Waals surface area contributed by atoms with Crippen molar-refractivity contribution in [3.05, 3.63) is 24.6 Å². The van der Waals surface area contributed by atoms with Gasteiger partial charge in [0.05, 0.1) is 6.17 Å². The van der Waals surface area contributed by atoms with E-state index in [-0.39, 0.29) is 0 Å². The van der Waals surface area contributed by atoms with Crippen molar-refractivity contribution in [1.29, 1.82) is 0 Å². The zero-order chi connectivity index (χ0) is 18.0. The summed E-state index contributed by atoms with van der Waals surface area (Å²) < 4.78 is 0. The predicted molar refractivity (Wildman–Crippen MR) is 111 cm³/mol. The average Bonchev–Trinajstić information content (AvgIpc) is 3.06. The van der Waals surface area contributed by atoms with Gasteiger partial charge in [-0.25, -0.2) is 0 Å². The molecule has 3 N–H and O–H groups in total. The Balaban J connectivity index is 1.79. The van der Waals surface area contributed by atoms with E-state index in [9.17, 15) is 0 Å². The summed E-state index contributed by atoms with van der Waals surface area (Å²) in [6, 6.07) is 0. The van der Waals surface area contributed by atoms with E-state index in [4.69, 9.17) is 5.73 Å². The molecule has 3 nitrogen and oxygen atoms in total. The first-order valence-corrected chi connectivity index (χ1v) is 10.9. The Morgan fingerprint density at radius 1 is 0.880 bits per heavy atom. The van der Waals surface area contributed by atoms with Gasteiger partial charge >= 0.3 is 0 Å². The lowest BCUT2D eigenvalue weighted by Gasteiger charge is -2.25. The van der Waals surface area contributed by atoms with Crippen LogP contribution in [0.3, 0.4) is 0 Å². The van der Waals surface area contributed by atoms with Gasteiger partial charge in [-0.1, -0.05) is 70.4 Å². The first kappa shape index (κ1) is 22.1. The number of unbranched alkanes of at least 4 members (excludes halogenated alkanes) is 11. The first-order chi connectivity index (χ1) is 12.4. The third-order valence-corrected chi connectivity index (χ3v) is 5.08. The Morgan fingerprint density at radius 2 is 1.48 bits per heavy atom. The highest BCUT2D eigenvalue weighted by molar-refractivity contribution is 4.94. The maximum atomic E-state index is 5.65. The normalized spacial score (nSPS) is 16.9. The summed E-state index contributed by atoms with van der Waals surface area (Å²) >= 11 is 0. The number of nitrogens with one attached hydrogen (secondary N) is 1. The van der Waals surface area contributed by atoms with Gasteiger partial charge in [0.2, 0.25) is 0 Å². The highest BCUT2D eigenvalue weighted by Crippen LogP contribution is 2.15. The zero-order valence-corrected chi connectivity index (χ0v) is 16.7. The fraction of sp³-hybridized carbons (Fsp3) is 0.818. The number of hydrogen-bond acceptors (Lipinski definition) is 3. The summed E-state index contributed by atoms with van der Waals surface area (Å²) in [4.78, 5) is 2.33. The Hall–Kier alpha value is -0.960. The predicted octanol–water partition coefficient (Wildman–Crippen LogP) is 5.69. The van der Waals surface area contributed by atoms with Crippen LogP contribution in [0.2, 0.25) is 0 Å². The van der Waals surface area contributed by atoms with Crippen molar-refractivity contribution < 1.29 is 0 Å². The summed E-state index contributed by atoms with van der Waals surface area (Å²) in [5, 5.41) is 3.43. The molecule has 0 aromatic rings. The second-order valence-corrected chi connectivity index (χ2v) is 7.40. The van der Waals surface area contributed by atoms with E-state index in [1.54, 1.807) is 0 Å². The first-order valence-electron chi connectivity index (χ1n) is 10.9. The third-order valence-electron chi connectivity index (χ3n) is 5.08. The van der Waals surface area contributed by atoms with Crippen LogP contribution in [0.25, 0.3) is 0 Å². The fourth-order valence-corrected chi connectivity index (χ4v) is 3.49. The van der Waals surface area contributed by atoms with Gasteiger partial charge in [-0.05, 0) is 38.5 Å². The lowest BCUT2D eigenvalue weighted by molar-refractivity contribution is 0.264. The molecule has 0 aromatic carbocycles. The monoisotopic (exact) mass is 349 g/mol. The number of nitrogens with two attached hydrogens (primary N) is 1. The average molecular weight is 350 g/mol. The van der Waals surface area contributed by atoms with Crippen molar-refractivity contribution in [2.24, 2.45) is 5.73 Å². The molecule has 1 unspecified atom stereocenters. The van der Waals surface area contributed by atoms with E-state index < -0.39 is 0 Å². The second kappa shape index (κ2) is 16.5. The second-order valence-electron chi connectivity index (χ2n) is 7.40.